The SMILES string of the molecule is C[C@@H](NCC(=O)NCc1ccc(CN2CCOCC2)cc1)c1ccco1. The van der Waals surface area contributed by atoms with E-state index in [1.807, 2.05) is 19.1 Å². The van der Waals surface area contributed by atoms with Crippen LogP contribution in [0.3, 0.4) is 0 Å². The number of carbonyl (C=O) groups is 1. The molecule has 2 N–H and O–H groups in total. The lowest BCUT2D eigenvalue weighted by molar-refractivity contribution is -0.120. The van der Waals surface area contributed by atoms with E-state index < -0.39 is 0 Å². The molecular formula is C20H27N3O3. The van der Waals surface area contributed by atoms with Gasteiger partial charge in [-0.25, -0.2) is 0 Å². The molecule has 1 atom stereocenters. The predicted octanol–water partition coefficient (Wildman–Crippen LogP) is 2.08. The van der Waals surface area contributed by atoms with Gasteiger partial charge in [0.25, 0.3) is 0 Å². The second-order valence-corrected chi connectivity index (χ2v) is 6.60. The Morgan fingerprint density at radius 1 is 1.15 bits per heavy atom. The van der Waals surface area contributed by atoms with Crippen molar-refractivity contribution in [3.8, 4) is 0 Å². The number of hydrogen-bond acceptors (Lipinski definition) is 5. The molecule has 1 aromatic heterocycles. The van der Waals surface area contributed by atoms with Gasteiger partial charge in [-0.15, -0.1) is 0 Å². The first-order chi connectivity index (χ1) is 12.7. The van der Waals surface area contributed by atoms with Gasteiger partial charge in [-0.1, -0.05) is 24.3 Å². The van der Waals surface area contributed by atoms with Gasteiger partial charge in [-0.3, -0.25) is 15.0 Å². The van der Waals surface area contributed by atoms with E-state index in [2.05, 4.69) is 39.8 Å². The maximum atomic E-state index is 12.0. The van der Waals surface area contributed by atoms with Crippen molar-refractivity contribution in [1.82, 2.24) is 15.5 Å². The Labute approximate surface area is 154 Å². The maximum absolute atomic E-state index is 12.0. The summed E-state index contributed by atoms with van der Waals surface area (Å²) in [5.41, 5.74) is 2.39. The first-order valence-corrected chi connectivity index (χ1v) is 9.12. The van der Waals surface area contributed by atoms with Crippen molar-refractivity contribution in [2.75, 3.05) is 32.8 Å². The van der Waals surface area contributed by atoms with Crippen LogP contribution in [-0.2, 0) is 22.6 Å². The quantitative estimate of drug-likeness (QED) is 0.757. The molecule has 6 heteroatoms. The summed E-state index contributed by atoms with van der Waals surface area (Å²) in [7, 11) is 0. The third-order valence-corrected chi connectivity index (χ3v) is 4.56. The van der Waals surface area contributed by atoms with Crippen LogP contribution < -0.4 is 10.6 Å². The molecule has 0 spiro atoms. The fourth-order valence-electron chi connectivity index (χ4n) is 2.93. The number of rotatable bonds is 8. The van der Waals surface area contributed by atoms with E-state index in [-0.39, 0.29) is 18.5 Å². The van der Waals surface area contributed by atoms with Gasteiger partial charge < -0.3 is 14.5 Å². The minimum absolute atomic E-state index is 0.00946. The van der Waals surface area contributed by atoms with Gasteiger partial charge >= 0.3 is 0 Å². The molecule has 1 saturated heterocycles. The molecule has 26 heavy (non-hydrogen) atoms. The molecule has 0 radical (unpaired) electrons. The molecule has 1 aliphatic heterocycles. The standard InChI is InChI=1S/C20H27N3O3/c1-16(19-3-2-10-26-19)21-14-20(24)22-13-17-4-6-18(7-5-17)15-23-8-11-25-12-9-23/h2-7,10,16,21H,8-9,11-15H2,1H3,(H,22,24)/t16-/m1/s1. The maximum Gasteiger partial charge on any atom is 0.234 e. The highest BCUT2D eigenvalue weighted by molar-refractivity contribution is 5.78. The largest absolute Gasteiger partial charge is 0.468 e. The van der Waals surface area contributed by atoms with Gasteiger partial charge in [-0.05, 0) is 30.2 Å². The summed E-state index contributed by atoms with van der Waals surface area (Å²) in [6, 6.07) is 12.2. The van der Waals surface area contributed by atoms with E-state index in [0.29, 0.717) is 6.54 Å². The average Bonchev–Trinajstić information content (AvgIpc) is 3.21. The number of nitrogens with zero attached hydrogens (tertiary/aromatic N) is 1. The summed E-state index contributed by atoms with van der Waals surface area (Å²) >= 11 is 0. The van der Waals surface area contributed by atoms with Crippen molar-refractivity contribution in [2.45, 2.75) is 26.1 Å². The lowest BCUT2D eigenvalue weighted by atomic mass is 10.1. The van der Waals surface area contributed by atoms with Crippen molar-refractivity contribution >= 4 is 5.91 Å². The van der Waals surface area contributed by atoms with Crippen LogP contribution >= 0.6 is 0 Å². The minimum Gasteiger partial charge on any atom is -0.468 e. The molecule has 1 amide bonds. The van der Waals surface area contributed by atoms with Crippen molar-refractivity contribution in [2.24, 2.45) is 0 Å². The lowest BCUT2D eigenvalue weighted by Crippen LogP contribution is -2.35. The van der Waals surface area contributed by atoms with Crippen LogP contribution in [0.15, 0.2) is 47.1 Å². The van der Waals surface area contributed by atoms with E-state index in [1.165, 1.54) is 5.56 Å². The Morgan fingerprint density at radius 3 is 2.58 bits per heavy atom. The Bertz CT molecular complexity index is 664. The van der Waals surface area contributed by atoms with Crippen LogP contribution in [0.1, 0.15) is 29.9 Å². The van der Waals surface area contributed by atoms with Gasteiger partial charge in [0.05, 0.1) is 32.1 Å². The molecule has 0 bridgehead atoms. The van der Waals surface area contributed by atoms with Gasteiger partial charge in [0.2, 0.25) is 5.91 Å². The van der Waals surface area contributed by atoms with Crippen LogP contribution in [0.2, 0.25) is 0 Å². The zero-order valence-corrected chi connectivity index (χ0v) is 15.2. The number of amides is 1. The Balaban J connectivity index is 1.37. The van der Waals surface area contributed by atoms with Crippen LogP contribution in [0.4, 0.5) is 0 Å². The molecule has 3 rings (SSSR count). The third-order valence-electron chi connectivity index (χ3n) is 4.56. The Morgan fingerprint density at radius 2 is 1.88 bits per heavy atom. The lowest BCUT2D eigenvalue weighted by Gasteiger charge is -2.26. The summed E-state index contributed by atoms with van der Waals surface area (Å²) in [5, 5.41) is 6.10. The molecule has 0 aliphatic carbocycles. The summed E-state index contributed by atoms with van der Waals surface area (Å²) in [6.45, 7) is 7.32. The Hall–Kier alpha value is -2.15. The number of benzene rings is 1. The van der Waals surface area contributed by atoms with E-state index in [4.69, 9.17) is 9.15 Å². The fraction of sp³-hybridized carbons (Fsp3) is 0.450. The third kappa shape index (κ3) is 5.69. The van der Waals surface area contributed by atoms with Crippen LogP contribution in [0, 0.1) is 0 Å². The highest BCUT2D eigenvalue weighted by Gasteiger charge is 2.11. The van der Waals surface area contributed by atoms with Crippen molar-refractivity contribution in [3.63, 3.8) is 0 Å². The second-order valence-electron chi connectivity index (χ2n) is 6.60. The average molecular weight is 357 g/mol. The molecule has 140 valence electrons. The number of nitrogens with one attached hydrogen (secondary N) is 2. The molecule has 0 saturated carbocycles. The smallest absolute Gasteiger partial charge is 0.234 e. The van der Waals surface area contributed by atoms with Crippen LogP contribution in [-0.4, -0.2) is 43.7 Å². The van der Waals surface area contributed by atoms with Crippen molar-refractivity contribution < 1.29 is 13.9 Å². The molecule has 1 fully saturated rings. The first kappa shape index (κ1) is 18.6. The first-order valence-electron chi connectivity index (χ1n) is 9.12. The molecule has 2 aromatic rings. The van der Waals surface area contributed by atoms with Crippen molar-refractivity contribution in [3.05, 3.63) is 59.5 Å². The number of carbonyl (C=O) groups excluding carboxylic acids is 1. The molecule has 1 aromatic carbocycles. The summed E-state index contributed by atoms with van der Waals surface area (Å²) in [6.07, 6.45) is 1.64. The normalized spacial score (nSPS) is 16.3. The summed E-state index contributed by atoms with van der Waals surface area (Å²) < 4.78 is 10.7. The second kappa shape index (κ2) is 9.52. The highest BCUT2D eigenvalue weighted by atomic mass is 16.5. The van der Waals surface area contributed by atoms with Gasteiger partial charge in [0, 0.05) is 26.2 Å². The summed E-state index contributed by atoms with van der Waals surface area (Å²) in [5.74, 6) is 0.800. The molecular weight excluding hydrogens is 330 g/mol. The van der Waals surface area contributed by atoms with Crippen LogP contribution in [0.5, 0.6) is 0 Å². The molecule has 0 unspecified atom stereocenters. The van der Waals surface area contributed by atoms with Crippen molar-refractivity contribution in [1.29, 1.82) is 0 Å². The fourth-order valence-corrected chi connectivity index (χ4v) is 2.93. The minimum atomic E-state index is -0.0270. The predicted molar refractivity (Wildman–Crippen MR) is 99.5 cm³/mol. The highest BCUT2D eigenvalue weighted by Crippen LogP contribution is 2.11. The van der Waals surface area contributed by atoms with Gasteiger partial charge in [0.15, 0.2) is 0 Å². The Kier molecular flexibility index (Phi) is 6.82. The summed E-state index contributed by atoms with van der Waals surface area (Å²) in [4.78, 5) is 14.4. The molecule has 2 heterocycles. The number of furan rings is 1. The number of morpholine rings is 1. The topological polar surface area (TPSA) is 66.7 Å². The van der Waals surface area contributed by atoms with E-state index in [9.17, 15) is 4.79 Å². The number of hydrogen-bond donors (Lipinski definition) is 2. The van der Waals surface area contributed by atoms with Crippen LogP contribution in [0.25, 0.3) is 0 Å². The number of ether oxygens (including phenoxy) is 1. The van der Waals surface area contributed by atoms with E-state index >= 15 is 0 Å². The monoisotopic (exact) mass is 357 g/mol. The molecule has 6 nitrogen and oxygen atoms in total. The molecule has 1 aliphatic rings. The van der Waals surface area contributed by atoms with Gasteiger partial charge in [-0.2, -0.15) is 0 Å². The zero-order valence-electron chi connectivity index (χ0n) is 15.2. The zero-order chi connectivity index (χ0) is 18.2. The van der Waals surface area contributed by atoms with E-state index in [1.54, 1.807) is 6.26 Å². The van der Waals surface area contributed by atoms with E-state index in [0.717, 1.165) is 44.2 Å². The van der Waals surface area contributed by atoms with Gasteiger partial charge in [0.1, 0.15) is 5.76 Å².